The first-order chi connectivity index (χ1) is 7.92. The highest BCUT2D eigenvalue weighted by Gasteiger charge is 2.14. The van der Waals surface area contributed by atoms with Gasteiger partial charge in [-0.25, -0.2) is 4.98 Å². The first-order valence-electron chi connectivity index (χ1n) is 5.56. The number of hydrogen-bond acceptors (Lipinski definition) is 4. The maximum absolute atomic E-state index is 5.70. The summed E-state index contributed by atoms with van der Waals surface area (Å²) in [5, 5.41) is 3.35. The normalized spacial score (nSPS) is 21.4. The molecular formula is C12H14N2OS. The lowest BCUT2D eigenvalue weighted by molar-refractivity contribution is 0.0292. The zero-order chi connectivity index (χ0) is 10.8. The van der Waals surface area contributed by atoms with Gasteiger partial charge in [-0.2, -0.15) is 0 Å². The Labute approximate surface area is 98.5 Å². The van der Waals surface area contributed by atoms with Gasteiger partial charge in [-0.3, -0.25) is 0 Å². The monoisotopic (exact) mass is 234 g/mol. The molecule has 1 atom stereocenters. The van der Waals surface area contributed by atoms with Gasteiger partial charge < -0.3 is 10.1 Å². The second-order valence-electron chi connectivity index (χ2n) is 4.06. The standard InChI is InChI=1S/C12H14N2OS/c1-2-11-12(16-8-14-11)6-9(1)5-10-7-13-3-4-15-10/h1-2,6,8,10,13H,3-5,7H2. The van der Waals surface area contributed by atoms with Gasteiger partial charge >= 0.3 is 0 Å². The fourth-order valence-electron chi connectivity index (χ4n) is 2.04. The molecule has 0 radical (unpaired) electrons. The highest BCUT2D eigenvalue weighted by Crippen LogP contribution is 2.20. The Morgan fingerprint density at radius 1 is 1.50 bits per heavy atom. The summed E-state index contributed by atoms with van der Waals surface area (Å²) >= 11 is 1.70. The average molecular weight is 234 g/mol. The largest absolute Gasteiger partial charge is 0.375 e. The summed E-state index contributed by atoms with van der Waals surface area (Å²) in [4.78, 5) is 4.28. The SMILES string of the molecule is c1nc2ccc(CC3CNCCO3)cc2s1. The smallest absolute Gasteiger partial charge is 0.0812 e. The van der Waals surface area contributed by atoms with E-state index in [0.717, 1.165) is 31.6 Å². The van der Waals surface area contributed by atoms with E-state index in [-0.39, 0.29) is 0 Å². The molecule has 16 heavy (non-hydrogen) atoms. The third-order valence-electron chi connectivity index (χ3n) is 2.86. The van der Waals surface area contributed by atoms with E-state index in [9.17, 15) is 0 Å². The van der Waals surface area contributed by atoms with E-state index in [4.69, 9.17) is 4.74 Å². The van der Waals surface area contributed by atoms with Gasteiger partial charge in [0.2, 0.25) is 0 Å². The lowest BCUT2D eigenvalue weighted by atomic mass is 10.1. The van der Waals surface area contributed by atoms with Gasteiger partial charge in [0.25, 0.3) is 0 Å². The summed E-state index contributed by atoms with van der Waals surface area (Å²) in [6, 6.07) is 6.47. The van der Waals surface area contributed by atoms with Crippen LogP contribution in [-0.4, -0.2) is 30.8 Å². The van der Waals surface area contributed by atoms with Crippen LogP contribution in [0.1, 0.15) is 5.56 Å². The van der Waals surface area contributed by atoms with Crippen LogP contribution in [0.15, 0.2) is 23.7 Å². The van der Waals surface area contributed by atoms with Crippen molar-refractivity contribution in [1.29, 1.82) is 0 Å². The first kappa shape index (κ1) is 10.2. The van der Waals surface area contributed by atoms with E-state index in [2.05, 4.69) is 28.5 Å². The molecule has 1 saturated heterocycles. The van der Waals surface area contributed by atoms with E-state index in [0.29, 0.717) is 6.10 Å². The maximum atomic E-state index is 5.70. The number of morpholine rings is 1. The molecule has 84 valence electrons. The molecule has 2 aromatic rings. The number of hydrogen-bond donors (Lipinski definition) is 1. The van der Waals surface area contributed by atoms with Crippen LogP contribution < -0.4 is 5.32 Å². The number of nitrogens with one attached hydrogen (secondary N) is 1. The Morgan fingerprint density at radius 2 is 2.50 bits per heavy atom. The van der Waals surface area contributed by atoms with Crippen molar-refractivity contribution in [3.8, 4) is 0 Å². The second kappa shape index (κ2) is 4.49. The molecular weight excluding hydrogens is 220 g/mol. The lowest BCUT2D eigenvalue weighted by Crippen LogP contribution is -2.39. The van der Waals surface area contributed by atoms with Gasteiger partial charge in [-0.05, 0) is 24.1 Å². The molecule has 1 N–H and O–H groups in total. The molecule has 0 saturated carbocycles. The minimum atomic E-state index is 0.319. The summed E-state index contributed by atoms with van der Waals surface area (Å²) in [6.07, 6.45) is 1.31. The highest BCUT2D eigenvalue weighted by atomic mass is 32.1. The van der Waals surface area contributed by atoms with Crippen LogP contribution in [0, 0.1) is 0 Å². The molecule has 1 aromatic heterocycles. The van der Waals surface area contributed by atoms with Gasteiger partial charge in [-0.1, -0.05) is 6.07 Å². The molecule has 1 aliphatic heterocycles. The molecule has 1 aromatic carbocycles. The second-order valence-corrected chi connectivity index (χ2v) is 4.94. The van der Waals surface area contributed by atoms with E-state index < -0.39 is 0 Å². The fraction of sp³-hybridized carbons (Fsp3) is 0.417. The van der Waals surface area contributed by atoms with Crippen LogP contribution >= 0.6 is 11.3 Å². The molecule has 1 aliphatic rings. The number of thiazole rings is 1. The molecule has 1 unspecified atom stereocenters. The molecule has 3 nitrogen and oxygen atoms in total. The summed E-state index contributed by atoms with van der Waals surface area (Å²) in [5.74, 6) is 0. The molecule has 0 aliphatic carbocycles. The Kier molecular flexibility index (Phi) is 2.86. The summed E-state index contributed by atoms with van der Waals surface area (Å²) in [6.45, 7) is 2.76. The van der Waals surface area contributed by atoms with Crippen LogP contribution in [0.2, 0.25) is 0 Å². The third kappa shape index (κ3) is 2.09. The van der Waals surface area contributed by atoms with Crippen LogP contribution in [0.25, 0.3) is 10.2 Å². The minimum absolute atomic E-state index is 0.319. The van der Waals surface area contributed by atoms with Crippen molar-refractivity contribution in [3.05, 3.63) is 29.3 Å². The minimum Gasteiger partial charge on any atom is -0.375 e. The molecule has 0 amide bonds. The van der Waals surface area contributed by atoms with Gasteiger partial charge in [0.1, 0.15) is 0 Å². The zero-order valence-electron chi connectivity index (χ0n) is 8.98. The lowest BCUT2D eigenvalue weighted by Gasteiger charge is -2.23. The van der Waals surface area contributed by atoms with Crippen LogP contribution in [0.4, 0.5) is 0 Å². The van der Waals surface area contributed by atoms with Crippen molar-refractivity contribution < 1.29 is 4.74 Å². The van der Waals surface area contributed by atoms with E-state index in [1.54, 1.807) is 11.3 Å². The van der Waals surface area contributed by atoms with Crippen LogP contribution in [-0.2, 0) is 11.2 Å². The molecule has 2 heterocycles. The third-order valence-corrected chi connectivity index (χ3v) is 3.66. The first-order valence-corrected chi connectivity index (χ1v) is 6.44. The Morgan fingerprint density at radius 3 is 3.38 bits per heavy atom. The Balaban J connectivity index is 1.77. The number of ether oxygens (including phenoxy) is 1. The van der Waals surface area contributed by atoms with Crippen molar-refractivity contribution in [2.75, 3.05) is 19.7 Å². The molecule has 4 heteroatoms. The predicted molar refractivity (Wildman–Crippen MR) is 65.9 cm³/mol. The number of nitrogens with zero attached hydrogens (tertiary/aromatic N) is 1. The fourth-order valence-corrected chi connectivity index (χ4v) is 2.78. The highest BCUT2D eigenvalue weighted by molar-refractivity contribution is 7.16. The number of aromatic nitrogens is 1. The van der Waals surface area contributed by atoms with Crippen molar-refractivity contribution in [3.63, 3.8) is 0 Å². The van der Waals surface area contributed by atoms with Crippen LogP contribution in [0.5, 0.6) is 0 Å². The maximum Gasteiger partial charge on any atom is 0.0812 e. The average Bonchev–Trinajstić information content (AvgIpc) is 2.77. The summed E-state index contributed by atoms with van der Waals surface area (Å²) in [7, 11) is 0. The van der Waals surface area contributed by atoms with Gasteiger partial charge in [0.05, 0.1) is 28.4 Å². The van der Waals surface area contributed by atoms with E-state index >= 15 is 0 Å². The van der Waals surface area contributed by atoms with Crippen molar-refractivity contribution in [2.24, 2.45) is 0 Å². The Bertz CT molecular complexity index is 477. The molecule has 0 bridgehead atoms. The predicted octanol–water partition coefficient (Wildman–Crippen LogP) is 1.83. The zero-order valence-corrected chi connectivity index (χ0v) is 9.80. The van der Waals surface area contributed by atoms with Gasteiger partial charge in [-0.15, -0.1) is 11.3 Å². The number of rotatable bonds is 2. The van der Waals surface area contributed by atoms with Crippen LogP contribution in [0.3, 0.4) is 0 Å². The molecule has 3 rings (SSSR count). The topological polar surface area (TPSA) is 34.2 Å². The summed E-state index contributed by atoms with van der Waals surface area (Å²) < 4.78 is 6.97. The summed E-state index contributed by atoms with van der Waals surface area (Å²) in [5.41, 5.74) is 4.33. The van der Waals surface area contributed by atoms with Crippen molar-refractivity contribution in [2.45, 2.75) is 12.5 Å². The Hall–Kier alpha value is -0.970. The molecule has 0 spiro atoms. The number of fused-ring (bicyclic) bond motifs is 1. The van der Waals surface area contributed by atoms with Crippen molar-refractivity contribution >= 4 is 21.6 Å². The quantitative estimate of drug-likeness (QED) is 0.860. The van der Waals surface area contributed by atoms with Gasteiger partial charge in [0.15, 0.2) is 0 Å². The number of benzene rings is 1. The molecule has 1 fully saturated rings. The van der Waals surface area contributed by atoms with Gasteiger partial charge in [0, 0.05) is 13.1 Å². The van der Waals surface area contributed by atoms with E-state index in [1.807, 2.05) is 5.51 Å². The van der Waals surface area contributed by atoms with E-state index in [1.165, 1.54) is 10.3 Å². The van der Waals surface area contributed by atoms with Crippen molar-refractivity contribution in [1.82, 2.24) is 10.3 Å².